The number of amides is 2. The summed E-state index contributed by atoms with van der Waals surface area (Å²) in [6.07, 6.45) is 0.497. The number of carbonyl (C=O) groups excluding carboxylic acids is 2. The van der Waals surface area contributed by atoms with E-state index >= 15 is 0 Å². The highest BCUT2D eigenvalue weighted by atomic mass is 19.4. The third kappa shape index (κ3) is 5.12. The van der Waals surface area contributed by atoms with Gasteiger partial charge in [0.1, 0.15) is 0 Å². The lowest BCUT2D eigenvalue weighted by Crippen LogP contribution is -2.40. The first-order valence-electron chi connectivity index (χ1n) is 12.3. The van der Waals surface area contributed by atoms with Crippen LogP contribution in [0, 0.1) is 11.8 Å². The van der Waals surface area contributed by atoms with Crippen LogP contribution in [0.1, 0.15) is 34.3 Å². The van der Waals surface area contributed by atoms with Crippen LogP contribution in [0.3, 0.4) is 0 Å². The Morgan fingerprint density at radius 2 is 1.69 bits per heavy atom. The molecule has 1 aliphatic carbocycles. The first-order valence-corrected chi connectivity index (χ1v) is 12.3. The Hall–Kier alpha value is -2.92. The van der Waals surface area contributed by atoms with Gasteiger partial charge in [0.25, 0.3) is 5.91 Å². The number of morpholine rings is 1. The van der Waals surface area contributed by atoms with E-state index in [-0.39, 0.29) is 11.9 Å². The molecule has 194 valence electrons. The Morgan fingerprint density at radius 1 is 1.06 bits per heavy atom. The van der Waals surface area contributed by atoms with Gasteiger partial charge < -0.3 is 14.5 Å². The highest BCUT2D eigenvalue weighted by Gasteiger charge is 2.44. The van der Waals surface area contributed by atoms with Gasteiger partial charge in [-0.1, -0.05) is 12.1 Å². The van der Waals surface area contributed by atoms with Gasteiger partial charge in [0.2, 0.25) is 0 Å². The standard InChI is InChI=1S/C25H30F3N5O3/c1-30(13-17-2-4-21(5-3-17)25(26,27)28)22-10-18-14-32(15-19(18)11-22)24(35)33-16-20(12-29-33)23(34)31-6-8-36-9-7-31/h2-5,12,16,18-19,22H,6-11,13-15H2,1H3. The molecule has 2 aliphatic heterocycles. The van der Waals surface area contributed by atoms with E-state index in [0.29, 0.717) is 69.4 Å². The maximum absolute atomic E-state index is 13.0. The van der Waals surface area contributed by atoms with E-state index in [1.807, 2.05) is 7.05 Å². The predicted octanol–water partition coefficient (Wildman–Crippen LogP) is 3.18. The molecule has 0 spiro atoms. The molecule has 0 bridgehead atoms. The number of benzene rings is 1. The van der Waals surface area contributed by atoms with Crippen LogP contribution in [0.5, 0.6) is 0 Å². The van der Waals surface area contributed by atoms with Crippen molar-refractivity contribution in [2.45, 2.75) is 31.6 Å². The monoisotopic (exact) mass is 505 g/mol. The summed E-state index contributed by atoms with van der Waals surface area (Å²) >= 11 is 0. The first-order chi connectivity index (χ1) is 17.2. The SMILES string of the molecule is CN(Cc1ccc(C(F)(F)F)cc1)C1CC2CN(C(=O)n3cc(C(=O)N4CCOCC4)cn3)CC2C1. The second-order valence-corrected chi connectivity index (χ2v) is 10.0. The molecule has 2 aromatic rings. The van der Waals surface area contributed by atoms with Crippen LogP contribution in [-0.4, -0.2) is 88.9 Å². The Kier molecular flexibility index (Phi) is 6.78. The third-order valence-electron chi connectivity index (χ3n) is 7.66. The maximum atomic E-state index is 13.0. The quantitative estimate of drug-likeness (QED) is 0.639. The number of ether oxygens (including phenoxy) is 1. The van der Waals surface area contributed by atoms with E-state index in [4.69, 9.17) is 4.74 Å². The van der Waals surface area contributed by atoms with E-state index < -0.39 is 11.7 Å². The molecule has 8 nitrogen and oxygen atoms in total. The van der Waals surface area contributed by atoms with Crippen LogP contribution in [0.25, 0.3) is 0 Å². The number of nitrogens with zero attached hydrogens (tertiary/aromatic N) is 5. The Morgan fingerprint density at radius 3 is 2.31 bits per heavy atom. The van der Waals surface area contributed by atoms with Crippen LogP contribution in [-0.2, 0) is 17.5 Å². The molecule has 1 aromatic heterocycles. The molecule has 0 N–H and O–H groups in total. The molecule has 3 aliphatic rings. The molecule has 1 aromatic carbocycles. The van der Waals surface area contributed by atoms with E-state index in [0.717, 1.165) is 30.5 Å². The van der Waals surface area contributed by atoms with Gasteiger partial charge in [-0.2, -0.15) is 23.0 Å². The van der Waals surface area contributed by atoms with Gasteiger partial charge in [-0.3, -0.25) is 9.69 Å². The summed E-state index contributed by atoms with van der Waals surface area (Å²) in [5, 5.41) is 4.15. The summed E-state index contributed by atoms with van der Waals surface area (Å²) in [6, 6.07) is 5.44. The van der Waals surface area contributed by atoms with E-state index in [1.54, 1.807) is 9.80 Å². The van der Waals surface area contributed by atoms with Crippen molar-refractivity contribution in [2.75, 3.05) is 46.4 Å². The molecule has 2 unspecified atom stereocenters. The number of fused-ring (bicyclic) bond motifs is 1. The van der Waals surface area contributed by atoms with Crippen LogP contribution < -0.4 is 0 Å². The summed E-state index contributed by atoms with van der Waals surface area (Å²) in [7, 11) is 2.00. The van der Waals surface area contributed by atoms with Gasteiger partial charge in [-0.15, -0.1) is 0 Å². The number of halogens is 3. The van der Waals surface area contributed by atoms with Crippen LogP contribution in [0.2, 0.25) is 0 Å². The fourth-order valence-electron chi connectivity index (χ4n) is 5.63. The maximum Gasteiger partial charge on any atom is 0.416 e. The molecule has 36 heavy (non-hydrogen) atoms. The molecular weight excluding hydrogens is 475 g/mol. The van der Waals surface area contributed by atoms with Crippen molar-refractivity contribution in [1.29, 1.82) is 0 Å². The number of aromatic nitrogens is 2. The van der Waals surface area contributed by atoms with Gasteiger partial charge in [0.05, 0.1) is 30.5 Å². The molecule has 5 rings (SSSR count). The third-order valence-corrected chi connectivity index (χ3v) is 7.66. The number of carbonyl (C=O) groups is 2. The topological polar surface area (TPSA) is 70.9 Å². The summed E-state index contributed by atoms with van der Waals surface area (Å²) in [5.41, 5.74) is 0.610. The van der Waals surface area contributed by atoms with Crippen LogP contribution >= 0.6 is 0 Å². The average molecular weight is 506 g/mol. The molecule has 2 saturated heterocycles. The molecule has 0 radical (unpaired) electrons. The van der Waals surface area contributed by atoms with Crippen molar-refractivity contribution >= 4 is 11.9 Å². The Balaban J connectivity index is 1.13. The fourth-order valence-corrected chi connectivity index (χ4v) is 5.63. The van der Waals surface area contributed by atoms with Crippen molar-refractivity contribution in [3.05, 3.63) is 53.3 Å². The molecule has 2 amide bonds. The lowest BCUT2D eigenvalue weighted by molar-refractivity contribution is -0.137. The summed E-state index contributed by atoms with van der Waals surface area (Å²) in [4.78, 5) is 31.4. The largest absolute Gasteiger partial charge is 0.416 e. The molecule has 11 heteroatoms. The van der Waals surface area contributed by atoms with Gasteiger partial charge in [0.15, 0.2) is 0 Å². The lowest BCUT2D eigenvalue weighted by atomic mass is 10.0. The zero-order chi connectivity index (χ0) is 25.4. The number of likely N-dealkylation sites (tertiary alicyclic amines) is 1. The summed E-state index contributed by atoms with van der Waals surface area (Å²) in [5.74, 6) is 0.604. The number of rotatable bonds is 4. The number of hydrogen-bond acceptors (Lipinski definition) is 5. The predicted molar refractivity (Wildman–Crippen MR) is 124 cm³/mol. The minimum atomic E-state index is -4.33. The number of alkyl halides is 3. The number of hydrogen-bond donors (Lipinski definition) is 0. The van der Waals surface area contributed by atoms with Crippen molar-refractivity contribution in [3.63, 3.8) is 0 Å². The van der Waals surface area contributed by atoms with Gasteiger partial charge >= 0.3 is 12.2 Å². The molecule has 3 fully saturated rings. The smallest absolute Gasteiger partial charge is 0.378 e. The highest BCUT2D eigenvalue weighted by molar-refractivity contribution is 5.94. The van der Waals surface area contributed by atoms with Crippen molar-refractivity contribution in [1.82, 2.24) is 24.5 Å². The van der Waals surface area contributed by atoms with E-state index in [9.17, 15) is 22.8 Å². The minimum absolute atomic E-state index is 0.144. The summed E-state index contributed by atoms with van der Waals surface area (Å²) < 4.78 is 45.0. The van der Waals surface area contributed by atoms with E-state index in [2.05, 4.69) is 10.00 Å². The second-order valence-electron chi connectivity index (χ2n) is 10.0. The first kappa shape index (κ1) is 24.8. The van der Waals surface area contributed by atoms with E-state index in [1.165, 1.54) is 29.2 Å². The fraction of sp³-hybridized carbons (Fsp3) is 0.560. The molecule has 1 saturated carbocycles. The second kappa shape index (κ2) is 9.85. The zero-order valence-corrected chi connectivity index (χ0v) is 20.2. The Bertz CT molecular complexity index is 1080. The zero-order valence-electron chi connectivity index (χ0n) is 20.2. The molecule has 3 heterocycles. The van der Waals surface area contributed by atoms with Crippen molar-refractivity contribution in [3.8, 4) is 0 Å². The van der Waals surface area contributed by atoms with Gasteiger partial charge in [-0.05, 0) is 49.4 Å². The van der Waals surface area contributed by atoms with Gasteiger partial charge in [0, 0.05) is 45.0 Å². The van der Waals surface area contributed by atoms with Crippen molar-refractivity contribution in [2.24, 2.45) is 11.8 Å². The highest BCUT2D eigenvalue weighted by Crippen LogP contribution is 2.40. The van der Waals surface area contributed by atoms with Gasteiger partial charge in [-0.25, -0.2) is 4.79 Å². The Labute approximate surface area is 207 Å². The average Bonchev–Trinajstić information content (AvgIpc) is 3.59. The van der Waals surface area contributed by atoms with Crippen LogP contribution in [0.15, 0.2) is 36.7 Å². The summed E-state index contributed by atoms with van der Waals surface area (Å²) in [6.45, 7) is 3.94. The lowest BCUT2D eigenvalue weighted by Gasteiger charge is -2.26. The van der Waals surface area contributed by atoms with Crippen LogP contribution in [0.4, 0.5) is 18.0 Å². The normalized spacial score (nSPS) is 24.4. The van der Waals surface area contributed by atoms with Crippen molar-refractivity contribution < 1.29 is 27.5 Å². The molecule has 2 atom stereocenters. The minimum Gasteiger partial charge on any atom is -0.378 e. The molecular formula is C25H30F3N5O3.